The minimum Gasteiger partial charge on any atom is -0.457 e. The molecule has 2 aliphatic rings. The summed E-state index contributed by atoms with van der Waals surface area (Å²) < 4.78 is 16.6. The number of amides is 3. The molecular formula is C27H26Cl4N2O8S. The lowest BCUT2D eigenvalue weighted by atomic mass is 9.90. The van der Waals surface area contributed by atoms with Crippen LogP contribution >= 0.6 is 57.7 Å². The summed E-state index contributed by atoms with van der Waals surface area (Å²) in [4.78, 5) is 67.2. The van der Waals surface area contributed by atoms with Gasteiger partial charge in [-0.15, -0.1) is 11.3 Å². The Balaban J connectivity index is 1.68. The number of fused-ring (bicyclic) bond motifs is 2. The quantitative estimate of drug-likeness (QED) is 0.105. The lowest BCUT2D eigenvalue weighted by Gasteiger charge is -2.37. The van der Waals surface area contributed by atoms with Crippen LogP contribution in [0.3, 0.4) is 0 Å². The molecule has 4 rings (SSSR count). The van der Waals surface area contributed by atoms with Crippen molar-refractivity contribution in [3.8, 4) is 0 Å². The minimum absolute atomic E-state index is 0.0499. The molecule has 1 unspecified atom stereocenters. The highest BCUT2D eigenvalue weighted by Crippen LogP contribution is 2.46. The van der Waals surface area contributed by atoms with Crippen molar-refractivity contribution >= 4 is 92.4 Å². The second-order valence-electron chi connectivity index (χ2n) is 11.6. The molecule has 226 valence electrons. The van der Waals surface area contributed by atoms with Gasteiger partial charge in [-0.2, -0.15) is 0 Å². The van der Waals surface area contributed by atoms with Gasteiger partial charge in [-0.25, -0.2) is 9.59 Å². The summed E-state index contributed by atoms with van der Waals surface area (Å²) >= 11 is 26.0. The summed E-state index contributed by atoms with van der Waals surface area (Å²) in [7, 11) is 0. The van der Waals surface area contributed by atoms with Crippen molar-refractivity contribution in [1.29, 1.82) is 0 Å². The topological polar surface area (TPSA) is 128 Å². The van der Waals surface area contributed by atoms with E-state index in [2.05, 4.69) is 5.32 Å². The van der Waals surface area contributed by atoms with E-state index in [1.165, 1.54) is 6.07 Å². The van der Waals surface area contributed by atoms with Crippen molar-refractivity contribution in [2.45, 2.75) is 77.9 Å². The molecule has 0 saturated carbocycles. The molecule has 1 N–H and O–H groups in total. The molecule has 15 heteroatoms. The third-order valence-electron chi connectivity index (χ3n) is 6.07. The molecule has 0 fully saturated rings. The zero-order valence-electron chi connectivity index (χ0n) is 23.3. The molecule has 0 saturated heterocycles. The Morgan fingerprint density at radius 3 is 2.14 bits per heavy atom. The van der Waals surface area contributed by atoms with E-state index in [1.807, 2.05) is 0 Å². The van der Waals surface area contributed by atoms with Crippen LogP contribution in [-0.2, 0) is 53.0 Å². The third kappa shape index (κ3) is 6.13. The number of imide groups is 1. The molecule has 3 amide bonds. The number of carbonyl (C=O) groups excluding carboxylic acids is 5. The van der Waals surface area contributed by atoms with Gasteiger partial charge in [-0.1, -0.05) is 46.4 Å². The van der Waals surface area contributed by atoms with Gasteiger partial charge in [-0.3, -0.25) is 19.3 Å². The van der Waals surface area contributed by atoms with Crippen LogP contribution in [0.1, 0.15) is 67.9 Å². The van der Waals surface area contributed by atoms with Crippen molar-refractivity contribution in [3.05, 3.63) is 47.7 Å². The zero-order valence-corrected chi connectivity index (χ0v) is 27.2. The van der Waals surface area contributed by atoms with Crippen LogP contribution in [0.4, 0.5) is 5.00 Å². The predicted molar refractivity (Wildman–Crippen MR) is 157 cm³/mol. The summed E-state index contributed by atoms with van der Waals surface area (Å²) in [5.41, 5.74) is -3.63. The molecule has 1 atom stereocenters. The molecule has 0 radical (unpaired) electrons. The Hall–Kier alpha value is -2.41. The van der Waals surface area contributed by atoms with Crippen molar-refractivity contribution < 1.29 is 38.2 Å². The molecule has 1 aromatic carbocycles. The Bertz CT molecular complexity index is 1540. The molecule has 0 aliphatic carbocycles. The fourth-order valence-electron chi connectivity index (χ4n) is 4.31. The van der Waals surface area contributed by atoms with E-state index in [0.717, 1.165) is 16.2 Å². The fraction of sp³-hybridized carbons (Fsp3) is 0.444. The van der Waals surface area contributed by atoms with Gasteiger partial charge in [0.05, 0.1) is 43.8 Å². The zero-order chi connectivity index (χ0) is 31.5. The first-order valence-corrected chi connectivity index (χ1v) is 14.8. The Morgan fingerprint density at radius 2 is 1.55 bits per heavy atom. The van der Waals surface area contributed by atoms with Gasteiger partial charge >= 0.3 is 17.8 Å². The van der Waals surface area contributed by atoms with Crippen LogP contribution in [0.5, 0.6) is 0 Å². The maximum Gasteiger partial charge on any atom is 0.397 e. The van der Waals surface area contributed by atoms with Crippen LogP contribution in [0, 0.1) is 0 Å². The van der Waals surface area contributed by atoms with E-state index in [4.69, 9.17) is 60.6 Å². The van der Waals surface area contributed by atoms with E-state index < -0.39 is 46.5 Å². The number of nitrogens with zero attached hydrogens (tertiary/aromatic N) is 1. The molecule has 0 bridgehead atoms. The highest BCUT2D eigenvalue weighted by molar-refractivity contribution is 7.16. The highest BCUT2D eigenvalue weighted by atomic mass is 35.5. The van der Waals surface area contributed by atoms with E-state index in [0.29, 0.717) is 10.4 Å². The molecule has 3 heterocycles. The Morgan fingerprint density at radius 1 is 0.952 bits per heavy atom. The second kappa shape index (κ2) is 11.3. The first-order valence-electron chi connectivity index (χ1n) is 12.5. The monoisotopic (exact) mass is 678 g/mol. The molecule has 0 spiro atoms. The van der Waals surface area contributed by atoms with Gasteiger partial charge in [0, 0.05) is 16.9 Å². The maximum atomic E-state index is 14.1. The number of esters is 2. The van der Waals surface area contributed by atoms with Crippen LogP contribution in [-0.4, -0.2) is 51.4 Å². The first-order chi connectivity index (χ1) is 19.3. The predicted octanol–water partition coefficient (Wildman–Crippen LogP) is 5.98. The average Bonchev–Trinajstić information content (AvgIpc) is 3.43. The number of benzene rings is 1. The molecule has 42 heavy (non-hydrogen) atoms. The van der Waals surface area contributed by atoms with Crippen molar-refractivity contribution in [3.63, 3.8) is 0 Å². The second-order valence-corrected chi connectivity index (χ2v) is 14.3. The molecule has 1 aromatic heterocycles. The number of rotatable bonds is 3. The van der Waals surface area contributed by atoms with E-state index in [9.17, 15) is 24.0 Å². The SMILES string of the molecule is CC(C)(C)OC(=O)C(=O)Nc1cc2c(s1)COC(C(=O)OC(C)(C)C)(C(=O)N1Cc3c(Cl)c(Cl)c(Cl)c(Cl)c3C1=O)C2. The molecular weight excluding hydrogens is 654 g/mol. The van der Waals surface area contributed by atoms with Crippen LogP contribution in [0.2, 0.25) is 20.1 Å². The summed E-state index contributed by atoms with van der Waals surface area (Å²) in [5, 5.41) is 2.28. The van der Waals surface area contributed by atoms with Gasteiger partial charge in [0.2, 0.25) is 5.60 Å². The minimum atomic E-state index is -2.28. The lowest BCUT2D eigenvalue weighted by Crippen LogP contribution is -2.60. The number of hydrogen-bond donors (Lipinski definition) is 1. The highest BCUT2D eigenvalue weighted by Gasteiger charge is 2.57. The number of thiophene rings is 1. The molecule has 2 aromatic rings. The van der Waals surface area contributed by atoms with E-state index in [1.54, 1.807) is 41.5 Å². The number of anilines is 1. The normalized spacial score (nSPS) is 18.3. The Kier molecular flexibility index (Phi) is 8.71. The molecule has 10 nitrogen and oxygen atoms in total. The largest absolute Gasteiger partial charge is 0.457 e. The van der Waals surface area contributed by atoms with Gasteiger partial charge in [0.15, 0.2) is 0 Å². The van der Waals surface area contributed by atoms with E-state index in [-0.39, 0.29) is 55.8 Å². The summed E-state index contributed by atoms with van der Waals surface area (Å²) in [5.74, 6) is -4.94. The van der Waals surface area contributed by atoms with Gasteiger partial charge in [0.1, 0.15) is 11.2 Å². The number of halogens is 4. The maximum absolute atomic E-state index is 14.1. The first kappa shape index (κ1) is 32.5. The van der Waals surface area contributed by atoms with Gasteiger partial charge in [-0.05, 0) is 53.2 Å². The van der Waals surface area contributed by atoms with Crippen LogP contribution in [0.25, 0.3) is 0 Å². The summed E-state index contributed by atoms with van der Waals surface area (Å²) in [6, 6.07) is 1.52. The lowest BCUT2D eigenvalue weighted by molar-refractivity contribution is -0.194. The van der Waals surface area contributed by atoms with Gasteiger partial charge in [0.25, 0.3) is 11.8 Å². The average molecular weight is 680 g/mol. The van der Waals surface area contributed by atoms with Gasteiger partial charge < -0.3 is 19.5 Å². The smallest absolute Gasteiger partial charge is 0.397 e. The Labute approximate surface area is 265 Å². The summed E-state index contributed by atoms with van der Waals surface area (Å²) in [6.07, 6.45) is -0.335. The standard InChI is InChI=1S/C27H26Cl4N2O8S/c1-25(2,3)40-22(36)20(34)32-14-7-11-8-27(39-10-13(11)42-14,24(38)41-26(4,5)6)23(37)33-9-12-15(21(33)35)17(29)19(31)18(30)16(12)28/h7H,8-10H2,1-6H3,(H,32,34). The van der Waals surface area contributed by atoms with Crippen molar-refractivity contribution in [2.24, 2.45) is 0 Å². The number of nitrogens with one attached hydrogen (secondary N) is 1. The van der Waals surface area contributed by atoms with Crippen molar-refractivity contribution in [2.75, 3.05) is 5.32 Å². The van der Waals surface area contributed by atoms with Crippen LogP contribution in [0.15, 0.2) is 6.07 Å². The summed E-state index contributed by atoms with van der Waals surface area (Å²) in [6.45, 7) is 9.15. The van der Waals surface area contributed by atoms with E-state index >= 15 is 0 Å². The van der Waals surface area contributed by atoms with Crippen LogP contribution < -0.4 is 5.32 Å². The number of carbonyl (C=O) groups is 5. The molecule has 2 aliphatic heterocycles. The number of ether oxygens (including phenoxy) is 3. The van der Waals surface area contributed by atoms with Crippen molar-refractivity contribution in [1.82, 2.24) is 4.90 Å². The number of hydrogen-bond acceptors (Lipinski definition) is 9. The fourth-order valence-corrected chi connectivity index (χ4v) is 6.33. The third-order valence-corrected chi connectivity index (χ3v) is 8.97.